The second-order valence-electron chi connectivity index (χ2n) is 5.35. The van der Waals surface area contributed by atoms with Gasteiger partial charge in [0.1, 0.15) is 22.5 Å². The molecule has 1 aromatic carbocycles. The van der Waals surface area contributed by atoms with Crippen LogP contribution < -0.4 is 14.8 Å². The lowest BCUT2D eigenvalue weighted by Gasteiger charge is -2.32. The number of hydrogen-bond donors (Lipinski definition) is 1. The lowest BCUT2D eigenvalue weighted by Crippen LogP contribution is -2.47. The van der Waals surface area contributed by atoms with Crippen LogP contribution >= 0.6 is 0 Å². The van der Waals surface area contributed by atoms with Gasteiger partial charge in [-0.05, 0) is 31.5 Å². The van der Waals surface area contributed by atoms with Crippen LogP contribution in [0.4, 0.5) is 0 Å². The minimum absolute atomic E-state index is 0.0881. The highest BCUT2D eigenvalue weighted by molar-refractivity contribution is 7.90. The van der Waals surface area contributed by atoms with Gasteiger partial charge in [0.15, 0.2) is 11.5 Å². The molecule has 2 atom stereocenters. The normalized spacial score (nSPS) is 19.2. The predicted molar refractivity (Wildman–Crippen MR) is 82.8 cm³/mol. The fourth-order valence-electron chi connectivity index (χ4n) is 2.48. The Hall–Kier alpha value is -1.27. The maximum atomic E-state index is 11.2. The molecule has 0 aromatic heterocycles. The smallest absolute Gasteiger partial charge is 0.161 e. The van der Waals surface area contributed by atoms with Gasteiger partial charge in [-0.2, -0.15) is 0 Å². The molecule has 1 heterocycles. The third kappa shape index (κ3) is 4.89. The minimum Gasteiger partial charge on any atom is -0.486 e. The molecule has 0 saturated carbocycles. The van der Waals surface area contributed by atoms with Crippen molar-refractivity contribution in [2.45, 2.75) is 31.9 Å². The van der Waals surface area contributed by atoms with Gasteiger partial charge in [0.05, 0.1) is 0 Å². The molecule has 2 unspecified atom stereocenters. The van der Waals surface area contributed by atoms with E-state index in [1.54, 1.807) is 0 Å². The van der Waals surface area contributed by atoms with Crippen molar-refractivity contribution >= 4 is 9.84 Å². The van der Waals surface area contributed by atoms with Crippen LogP contribution in [0.5, 0.6) is 11.5 Å². The number of rotatable bonds is 7. The van der Waals surface area contributed by atoms with Crippen LogP contribution in [-0.4, -0.2) is 45.7 Å². The highest BCUT2D eigenvalue weighted by Crippen LogP contribution is 2.32. The maximum absolute atomic E-state index is 11.2. The van der Waals surface area contributed by atoms with Gasteiger partial charge in [0.2, 0.25) is 0 Å². The van der Waals surface area contributed by atoms with Crippen molar-refractivity contribution < 1.29 is 17.9 Å². The first kappa shape index (κ1) is 16.1. The Balaban J connectivity index is 1.96. The fourth-order valence-corrected chi connectivity index (χ4v) is 3.17. The van der Waals surface area contributed by atoms with Gasteiger partial charge in [-0.1, -0.05) is 19.1 Å². The molecule has 5 nitrogen and oxygen atoms in total. The summed E-state index contributed by atoms with van der Waals surface area (Å²) in [6.45, 7) is 3.32. The molecule has 0 bridgehead atoms. The van der Waals surface area contributed by atoms with Crippen molar-refractivity contribution in [2.75, 3.05) is 25.2 Å². The molecule has 1 aliphatic heterocycles. The number of para-hydroxylation sites is 2. The molecule has 0 spiro atoms. The van der Waals surface area contributed by atoms with Crippen LogP contribution in [0.2, 0.25) is 0 Å². The molecule has 0 aliphatic carbocycles. The molecule has 118 valence electrons. The zero-order valence-electron chi connectivity index (χ0n) is 12.5. The van der Waals surface area contributed by atoms with Crippen molar-refractivity contribution in [2.24, 2.45) is 0 Å². The molecular formula is C15H23NO4S. The highest BCUT2D eigenvalue weighted by Gasteiger charge is 2.28. The summed E-state index contributed by atoms with van der Waals surface area (Å²) in [7, 11) is -2.91. The van der Waals surface area contributed by atoms with Gasteiger partial charge in [0.25, 0.3) is 0 Å². The predicted octanol–water partition coefficient (Wildman–Crippen LogP) is 1.63. The summed E-state index contributed by atoms with van der Waals surface area (Å²) < 4.78 is 34.2. The summed E-state index contributed by atoms with van der Waals surface area (Å²) in [6.07, 6.45) is 2.54. The third-order valence-corrected chi connectivity index (χ3v) is 4.51. The molecular weight excluding hydrogens is 290 g/mol. The van der Waals surface area contributed by atoms with E-state index in [0.29, 0.717) is 13.0 Å². The second-order valence-corrected chi connectivity index (χ2v) is 7.61. The van der Waals surface area contributed by atoms with Gasteiger partial charge in [0, 0.05) is 18.1 Å². The van der Waals surface area contributed by atoms with Crippen LogP contribution in [0.1, 0.15) is 19.8 Å². The van der Waals surface area contributed by atoms with Gasteiger partial charge < -0.3 is 14.8 Å². The fraction of sp³-hybridized carbons (Fsp3) is 0.600. The average Bonchev–Trinajstić information content (AvgIpc) is 2.44. The Morgan fingerprint density at radius 3 is 2.71 bits per heavy atom. The molecule has 2 rings (SSSR count). The molecule has 0 radical (unpaired) electrons. The van der Waals surface area contributed by atoms with Gasteiger partial charge >= 0.3 is 0 Å². The van der Waals surface area contributed by atoms with E-state index < -0.39 is 9.84 Å². The molecule has 0 amide bonds. The Labute approximate surface area is 126 Å². The summed E-state index contributed by atoms with van der Waals surface area (Å²) in [6, 6.07) is 7.69. The number of nitrogens with one attached hydrogen (secondary N) is 1. The number of likely N-dealkylation sites (N-methyl/N-ethyl adjacent to an activating group) is 1. The number of fused-ring (bicyclic) bond motifs is 1. The van der Waals surface area contributed by atoms with Crippen LogP contribution in [0.25, 0.3) is 0 Å². The SMILES string of the molecule is CCNC(CCCS(C)(=O)=O)C1COc2ccccc2O1. The standard InChI is InChI=1S/C15H23NO4S/c1-3-16-12(7-6-10-21(2,17)18)15-11-19-13-8-4-5-9-14(13)20-15/h4-5,8-9,12,15-16H,3,6-7,10-11H2,1-2H3. The van der Waals surface area contributed by atoms with E-state index in [2.05, 4.69) is 5.32 Å². The zero-order valence-corrected chi connectivity index (χ0v) is 13.4. The van der Waals surface area contributed by atoms with Gasteiger partial charge in [-0.25, -0.2) is 8.42 Å². The average molecular weight is 313 g/mol. The van der Waals surface area contributed by atoms with E-state index >= 15 is 0 Å². The molecule has 0 saturated heterocycles. The third-order valence-electron chi connectivity index (χ3n) is 3.48. The summed E-state index contributed by atoms with van der Waals surface area (Å²) >= 11 is 0. The van der Waals surface area contributed by atoms with Crippen molar-refractivity contribution in [3.63, 3.8) is 0 Å². The van der Waals surface area contributed by atoms with Gasteiger partial charge in [-0.3, -0.25) is 0 Å². The monoisotopic (exact) mass is 313 g/mol. The van der Waals surface area contributed by atoms with Crippen molar-refractivity contribution in [3.8, 4) is 11.5 Å². The first-order chi connectivity index (χ1) is 9.99. The summed E-state index contributed by atoms with van der Waals surface area (Å²) in [5.41, 5.74) is 0. The summed E-state index contributed by atoms with van der Waals surface area (Å²) in [4.78, 5) is 0. The number of hydrogen-bond acceptors (Lipinski definition) is 5. The molecule has 0 fully saturated rings. The Morgan fingerprint density at radius 2 is 2.05 bits per heavy atom. The van der Waals surface area contributed by atoms with E-state index in [9.17, 15) is 8.42 Å². The number of sulfone groups is 1. The van der Waals surface area contributed by atoms with E-state index in [4.69, 9.17) is 9.47 Å². The molecule has 6 heteroatoms. The number of benzene rings is 1. The molecule has 1 aliphatic rings. The van der Waals surface area contributed by atoms with Crippen molar-refractivity contribution in [1.29, 1.82) is 0 Å². The Kier molecular flexibility index (Phi) is 5.47. The zero-order chi connectivity index (χ0) is 15.3. The largest absolute Gasteiger partial charge is 0.486 e. The maximum Gasteiger partial charge on any atom is 0.161 e. The Bertz CT molecular complexity index is 559. The van der Waals surface area contributed by atoms with Crippen molar-refractivity contribution in [1.82, 2.24) is 5.32 Å². The second kappa shape index (κ2) is 7.13. The first-order valence-electron chi connectivity index (χ1n) is 7.29. The van der Waals surface area contributed by atoms with E-state index in [1.165, 1.54) is 6.26 Å². The lowest BCUT2D eigenvalue weighted by molar-refractivity contribution is 0.0598. The first-order valence-corrected chi connectivity index (χ1v) is 9.35. The topological polar surface area (TPSA) is 64.6 Å². The summed E-state index contributed by atoms with van der Waals surface area (Å²) in [5.74, 6) is 1.72. The van der Waals surface area contributed by atoms with E-state index in [0.717, 1.165) is 24.5 Å². The number of ether oxygens (including phenoxy) is 2. The van der Waals surface area contributed by atoms with Crippen LogP contribution in [0, 0.1) is 0 Å². The highest BCUT2D eigenvalue weighted by atomic mass is 32.2. The molecule has 21 heavy (non-hydrogen) atoms. The van der Waals surface area contributed by atoms with Crippen LogP contribution in [-0.2, 0) is 9.84 Å². The van der Waals surface area contributed by atoms with E-state index in [1.807, 2.05) is 31.2 Å². The lowest BCUT2D eigenvalue weighted by atomic mass is 10.1. The van der Waals surface area contributed by atoms with E-state index in [-0.39, 0.29) is 17.9 Å². The van der Waals surface area contributed by atoms with Gasteiger partial charge in [-0.15, -0.1) is 0 Å². The quantitative estimate of drug-likeness (QED) is 0.829. The van der Waals surface area contributed by atoms with Crippen LogP contribution in [0.3, 0.4) is 0 Å². The Morgan fingerprint density at radius 1 is 1.33 bits per heavy atom. The molecule has 1 aromatic rings. The minimum atomic E-state index is -2.91. The summed E-state index contributed by atoms with van der Waals surface area (Å²) in [5, 5.41) is 3.37. The molecule has 1 N–H and O–H groups in total. The van der Waals surface area contributed by atoms with Crippen molar-refractivity contribution in [3.05, 3.63) is 24.3 Å². The van der Waals surface area contributed by atoms with Crippen LogP contribution in [0.15, 0.2) is 24.3 Å².